The van der Waals surface area contributed by atoms with Crippen LogP contribution in [0.2, 0.25) is 0 Å². The van der Waals surface area contributed by atoms with E-state index in [0.29, 0.717) is 19.5 Å². The summed E-state index contributed by atoms with van der Waals surface area (Å²) in [7, 11) is 0. The van der Waals surface area contributed by atoms with Crippen molar-refractivity contribution in [3.8, 4) is 0 Å². The zero-order valence-corrected chi connectivity index (χ0v) is 15.4. The first-order valence-corrected chi connectivity index (χ1v) is 8.76. The quantitative estimate of drug-likeness (QED) is 0.888. The van der Waals surface area contributed by atoms with Gasteiger partial charge in [0.15, 0.2) is 0 Å². The molecular formula is C20H24N4O2. The third kappa shape index (κ3) is 4.20. The van der Waals surface area contributed by atoms with Crippen LogP contribution in [-0.2, 0) is 11.3 Å². The number of aryl methyl sites for hydroxylation is 3. The number of nitrogens with zero attached hydrogens (tertiary/aromatic N) is 2. The molecule has 3 rings (SSSR count). The van der Waals surface area contributed by atoms with Crippen LogP contribution in [0.4, 0.5) is 10.5 Å². The van der Waals surface area contributed by atoms with Crippen LogP contribution in [0, 0.1) is 20.8 Å². The zero-order chi connectivity index (χ0) is 18.7. The highest BCUT2D eigenvalue weighted by Gasteiger charge is 2.30. The van der Waals surface area contributed by atoms with Gasteiger partial charge in [0.1, 0.15) is 0 Å². The molecule has 0 radical (unpaired) electrons. The molecule has 0 aliphatic carbocycles. The van der Waals surface area contributed by atoms with Gasteiger partial charge >= 0.3 is 6.03 Å². The minimum Gasteiger partial charge on any atom is -0.336 e. The average molecular weight is 352 g/mol. The number of carbonyl (C=O) groups excluding carboxylic acids is 2. The Kier molecular flexibility index (Phi) is 5.21. The van der Waals surface area contributed by atoms with E-state index in [2.05, 4.69) is 15.6 Å². The summed E-state index contributed by atoms with van der Waals surface area (Å²) in [5.41, 5.74) is 4.48. The highest BCUT2D eigenvalue weighted by molar-refractivity contribution is 5.91. The number of amides is 3. The van der Waals surface area contributed by atoms with Crippen molar-refractivity contribution in [2.75, 3.05) is 11.9 Å². The summed E-state index contributed by atoms with van der Waals surface area (Å²) >= 11 is 0. The Bertz CT molecular complexity index is 797. The van der Waals surface area contributed by atoms with Crippen molar-refractivity contribution in [3.63, 3.8) is 0 Å². The summed E-state index contributed by atoms with van der Waals surface area (Å²) in [5, 5.41) is 5.77. The Morgan fingerprint density at radius 2 is 1.96 bits per heavy atom. The zero-order valence-electron chi connectivity index (χ0n) is 15.4. The Hall–Kier alpha value is -2.89. The maximum Gasteiger partial charge on any atom is 0.319 e. The van der Waals surface area contributed by atoms with Crippen molar-refractivity contribution in [1.82, 2.24) is 15.2 Å². The summed E-state index contributed by atoms with van der Waals surface area (Å²) in [4.78, 5) is 30.7. The molecule has 136 valence electrons. The summed E-state index contributed by atoms with van der Waals surface area (Å²) in [6.45, 7) is 6.83. The van der Waals surface area contributed by atoms with E-state index in [1.165, 1.54) is 0 Å². The largest absolute Gasteiger partial charge is 0.336 e. The van der Waals surface area contributed by atoms with Gasteiger partial charge in [-0.2, -0.15) is 0 Å². The number of aromatic nitrogens is 1. The number of benzene rings is 1. The Morgan fingerprint density at radius 1 is 1.23 bits per heavy atom. The fourth-order valence-corrected chi connectivity index (χ4v) is 3.37. The second-order valence-corrected chi connectivity index (χ2v) is 6.80. The Balaban J connectivity index is 1.58. The van der Waals surface area contributed by atoms with Crippen LogP contribution in [0.25, 0.3) is 0 Å². The van der Waals surface area contributed by atoms with E-state index in [1.54, 1.807) is 4.90 Å². The lowest BCUT2D eigenvalue weighted by Gasteiger charge is -2.18. The second kappa shape index (κ2) is 7.56. The van der Waals surface area contributed by atoms with Gasteiger partial charge in [-0.1, -0.05) is 30.3 Å². The summed E-state index contributed by atoms with van der Waals surface area (Å²) in [6.07, 6.45) is 0.324. The van der Waals surface area contributed by atoms with Gasteiger partial charge < -0.3 is 15.5 Å². The van der Waals surface area contributed by atoms with Crippen molar-refractivity contribution >= 4 is 17.6 Å². The maximum atomic E-state index is 12.3. The number of carbonyl (C=O) groups is 2. The normalized spacial score (nSPS) is 16.7. The first-order valence-electron chi connectivity index (χ1n) is 8.76. The number of nitrogens with one attached hydrogen (secondary N) is 2. The highest BCUT2D eigenvalue weighted by Crippen LogP contribution is 2.20. The van der Waals surface area contributed by atoms with E-state index in [9.17, 15) is 9.59 Å². The first kappa shape index (κ1) is 17.9. The molecule has 0 unspecified atom stereocenters. The number of pyridine rings is 1. The van der Waals surface area contributed by atoms with Gasteiger partial charge in [0.2, 0.25) is 5.91 Å². The lowest BCUT2D eigenvalue weighted by Crippen LogP contribution is -2.39. The standard InChI is InChI=1S/C20H24N4O2/c1-13-9-14(2)21-15(3)19(13)23-20(26)22-17-10-18(25)24(12-17)11-16-7-5-4-6-8-16/h4-9,17H,10-12H2,1-3H3,(H2,22,23,26)/t17-/m0/s1. The molecule has 1 aromatic heterocycles. The Labute approximate surface area is 153 Å². The second-order valence-electron chi connectivity index (χ2n) is 6.80. The fourth-order valence-electron chi connectivity index (χ4n) is 3.37. The molecule has 2 aromatic rings. The monoisotopic (exact) mass is 352 g/mol. The van der Waals surface area contributed by atoms with Crippen LogP contribution in [0.1, 0.15) is 28.9 Å². The number of hydrogen-bond acceptors (Lipinski definition) is 3. The average Bonchev–Trinajstić information content (AvgIpc) is 2.91. The molecule has 1 aliphatic heterocycles. The molecule has 1 atom stereocenters. The number of anilines is 1. The molecule has 1 aliphatic rings. The molecule has 0 bridgehead atoms. The molecule has 1 fully saturated rings. The molecular weight excluding hydrogens is 328 g/mol. The van der Waals surface area contributed by atoms with E-state index in [1.807, 2.05) is 57.2 Å². The molecule has 2 N–H and O–H groups in total. The molecule has 0 spiro atoms. The third-order valence-corrected chi connectivity index (χ3v) is 4.53. The van der Waals surface area contributed by atoms with Gasteiger partial charge in [-0.3, -0.25) is 9.78 Å². The van der Waals surface area contributed by atoms with Crippen molar-refractivity contribution in [1.29, 1.82) is 0 Å². The predicted molar refractivity (Wildman–Crippen MR) is 101 cm³/mol. The van der Waals surface area contributed by atoms with Crippen LogP contribution < -0.4 is 10.6 Å². The molecule has 1 saturated heterocycles. The van der Waals surface area contributed by atoms with E-state index >= 15 is 0 Å². The van der Waals surface area contributed by atoms with Crippen LogP contribution in [-0.4, -0.2) is 34.4 Å². The molecule has 26 heavy (non-hydrogen) atoms. The van der Waals surface area contributed by atoms with Crippen molar-refractivity contribution in [2.45, 2.75) is 39.8 Å². The molecule has 1 aromatic carbocycles. The third-order valence-electron chi connectivity index (χ3n) is 4.53. The van der Waals surface area contributed by atoms with E-state index in [4.69, 9.17) is 0 Å². The molecule has 0 saturated carbocycles. The van der Waals surface area contributed by atoms with Gasteiger partial charge in [0, 0.05) is 25.2 Å². The van der Waals surface area contributed by atoms with Crippen LogP contribution in [0.3, 0.4) is 0 Å². The van der Waals surface area contributed by atoms with Gasteiger partial charge in [-0.05, 0) is 38.0 Å². The predicted octanol–water partition coefficient (Wildman–Crippen LogP) is 2.93. The van der Waals surface area contributed by atoms with Crippen molar-refractivity contribution < 1.29 is 9.59 Å². The molecule has 6 heteroatoms. The number of hydrogen-bond donors (Lipinski definition) is 2. The molecule has 6 nitrogen and oxygen atoms in total. The minimum atomic E-state index is -0.304. The topological polar surface area (TPSA) is 74.3 Å². The molecule has 3 amide bonds. The smallest absolute Gasteiger partial charge is 0.319 e. The van der Waals surface area contributed by atoms with Gasteiger partial charge in [-0.25, -0.2) is 4.79 Å². The van der Waals surface area contributed by atoms with Crippen LogP contribution in [0.5, 0.6) is 0 Å². The first-order chi connectivity index (χ1) is 12.4. The van der Waals surface area contributed by atoms with Crippen molar-refractivity contribution in [3.05, 3.63) is 58.9 Å². The van der Waals surface area contributed by atoms with Crippen LogP contribution >= 0.6 is 0 Å². The minimum absolute atomic E-state index is 0.0588. The maximum absolute atomic E-state index is 12.3. The summed E-state index contributed by atoms with van der Waals surface area (Å²) < 4.78 is 0. The molecule has 2 heterocycles. The van der Waals surface area contributed by atoms with Gasteiger partial charge in [0.25, 0.3) is 0 Å². The summed E-state index contributed by atoms with van der Waals surface area (Å²) in [5.74, 6) is 0.0588. The highest BCUT2D eigenvalue weighted by atomic mass is 16.2. The fraction of sp³-hybridized carbons (Fsp3) is 0.350. The van der Waals surface area contributed by atoms with Gasteiger partial charge in [-0.15, -0.1) is 0 Å². The van der Waals surface area contributed by atoms with Gasteiger partial charge in [0.05, 0.1) is 17.4 Å². The van der Waals surface area contributed by atoms with Crippen LogP contribution in [0.15, 0.2) is 36.4 Å². The van der Waals surface area contributed by atoms with E-state index in [0.717, 1.165) is 28.2 Å². The van der Waals surface area contributed by atoms with E-state index in [-0.39, 0.29) is 18.0 Å². The Morgan fingerprint density at radius 3 is 2.65 bits per heavy atom. The lowest BCUT2D eigenvalue weighted by atomic mass is 10.1. The SMILES string of the molecule is Cc1cc(C)c(NC(=O)N[C@H]2CC(=O)N(Cc3ccccc3)C2)c(C)n1. The lowest BCUT2D eigenvalue weighted by molar-refractivity contribution is -0.128. The van der Waals surface area contributed by atoms with E-state index < -0.39 is 0 Å². The number of likely N-dealkylation sites (tertiary alicyclic amines) is 1. The van der Waals surface area contributed by atoms with Crippen molar-refractivity contribution in [2.24, 2.45) is 0 Å². The number of urea groups is 1. The summed E-state index contributed by atoms with van der Waals surface area (Å²) in [6, 6.07) is 11.3. The number of rotatable bonds is 4.